The fraction of sp³-hybridized carbons (Fsp3) is 1.00. The average molecular weight is 545 g/mol. The van der Waals surface area contributed by atoms with Gasteiger partial charge in [0.25, 0.3) is 0 Å². The second kappa shape index (κ2) is 11.8. The molecule has 0 radical (unpaired) electrons. The van der Waals surface area contributed by atoms with Crippen LogP contribution in [0.25, 0.3) is 0 Å². The van der Waals surface area contributed by atoms with E-state index in [9.17, 15) is 30.6 Å². The topological polar surface area (TPSA) is 295 Å². The highest BCUT2D eigenvalue weighted by Crippen LogP contribution is 2.34. The van der Waals surface area contributed by atoms with Gasteiger partial charge >= 0.3 is 0 Å². The van der Waals surface area contributed by atoms with E-state index in [2.05, 4.69) is 22.9 Å². The van der Waals surface area contributed by atoms with Crippen molar-refractivity contribution < 1.29 is 82.6 Å². The fourth-order valence-corrected chi connectivity index (χ4v) is 5.77. The molecular formula is C21H46N5O11+5. The van der Waals surface area contributed by atoms with Crippen LogP contribution in [0.3, 0.4) is 0 Å². The third kappa shape index (κ3) is 5.66. The minimum Gasteiger partial charge on any atom is -0.393 e. The van der Waals surface area contributed by atoms with Gasteiger partial charge in [0.2, 0.25) is 12.6 Å². The van der Waals surface area contributed by atoms with Crippen LogP contribution in [0.4, 0.5) is 0 Å². The molecule has 3 aliphatic heterocycles. The number of nitrogens with two attached hydrogens (primary N) is 1. The molecule has 16 heteroatoms. The Morgan fingerprint density at radius 1 is 0.730 bits per heavy atom. The Kier molecular flexibility index (Phi) is 9.40. The molecule has 0 aromatic rings. The molecule has 0 amide bonds. The Hall–Kier alpha value is -0.640. The van der Waals surface area contributed by atoms with Crippen LogP contribution in [0.15, 0.2) is 0 Å². The Labute approximate surface area is 213 Å². The van der Waals surface area contributed by atoms with Crippen LogP contribution in [-0.4, -0.2) is 148 Å². The van der Waals surface area contributed by atoms with Gasteiger partial charge in [-0.15, -0.1) is 0 Å². The van der Waals surface area contributed by atoms with Crippen LogP contribution in [0, 0.1) is 0 Å². The maximum absolute atomic E-state index is 11.2. The molecule has 17 atom stereocenters. The molecule has 0 bridgehead atoms. The fourth-order valence-electron chi connectivity index (χ4n) is 5.77. The molecule has 4 rings (SSSR count). The summed E-state index contributed by atoms with van der Waals surface area (Å²) >= 11 is 0. The van der Waals surface area contributed by atoms with Gasteiger partial charge in [-0.3, -0.25) is 0 Å². The smallest absolute Gasteiger partial charge is 0.216 e. The van der Waals surface area contributed by atoms with E-state index in [1.54, 1.807) is 12.4 Å². The van der Waals surface area contributed by atoms with Crippen molar-refractivity contribution in [2.24, 2.45) is 0 Å². The van der Waals surface area contributed by atoms with Gasteiger partial charge in [-0.1, -0.05) is 0 Å². The Bertz CT molecular complexity index is 756. The van der Waals surface area contributed by atoms with Crippen LogP contribution in [0.1, 0.15) is 12.8 Å². The first-order valence-electron chi connectivity index (χ1n) is 12.9. The SMILES string of the molecule is C[NH2+][C@@H]1[C@@H](O[C@H]2O[C@H](CO)[C@@H]([NH3+])[C@H](O)[C@H]2O)O[C@H]2C[C@@H]([NH3+])[C@@H](O[C@H]3[C@H](O)[C@@H](O)[C@H]([NH3+])C[C@@H]3[NH3+])O[C@@H]2[C@@H]1O. The lowest BCUT2D eigenvalue weighted by atomic mass is 9.84. The van der Waals surface area contributed by atoms with Crippen molar-refractivity contribution >= 4 is 0 Å². The van der Waals surface area contributed by atoms with Crippen molar-refractivity contribution in [2.45, 2.75) is 117 Å². The molecule has 1 saturated carbocycles. The molecule has 0 aromatic carbocycles. The summed E-state index contributed by atoms with van der Waals surface area (Å²) in [5.74, 6) is 0. The zero-order valence-electron chi connectivity index (χ0n) is 21.1. The van der Waals surface area contributed by atoms with E-state index in [1.807, 2.05) is 0 Å². The molecule has 1 aliphatic carbocycles. The zero-order chi connectivity index (χ0) is 27.2. The lowest BCUT2D eigenvalue weighted by molar-refractivity contribution is -0.699. The average Bonchev–Trinajstić information content (AvgIpc) is 2.86. The van der Waals surface area contributed by atoms with Crippen LogP contribution in [0.2, 0.25) is 0 Å². The number of fused-ring (bicyclic) bond motifs is 1. The molecule has 0 unspecified atom stereocenters. The quantitative estimate of drug-likeness (QED) is 0.149. The van der Waals surface area contributed by atoms with Gasteiger partial charge in [0.05, 0.1) is 26.2 Å². The number of ether oxygens (including phenoxy) is 5. The lowest BCUT2D eigenvalue weighted by Gasteiger charge is -2.49. The van der Waals surface area contributed by atoms with Gasteiger partial charge in [0.1, 0.15) is 73.0 Å². The van der Waals surface area contributed by atoms with Crippen molar-refractivity contribution in [3.63, 3.8) is 0 Å². The maximum atomic E-state index is 11.2. The summed E-state index contributed by atoms with van der Waals surface area (Å²) in [6.07, 6.45) is -11.6. The number of likely N-dealkylation sites (N-methyl/N-ethyl adjacent to an activating group) is 1. The number of quaternary nitrogens is 5. The van der Waals surface area contributed by atoms with Crippen molar-refractivity contribution in [1.82, 2.24) is 0 Å². The summed E-state index contributed by atoms with van der Waals surface area (Å²) in [7, 11) is 1.72. The van der Waals surface area contributed by atoms with Crippen molar-refractivity contribution in [3.8, 4) is 0 Å². The van der Waals surface area contributed by atoms with Crippen LogP contribution in [-0.2, 0) is 23.7 Å². The second-order valence-corrected chi connectivity index (χ2v) is 10.8. The van der Waals surface area contributed by atoms with E-state index in [0.29, 0.717) is 12.8 Å². The first-order chi connectivity index (χ1) is 17.5. The molecule has 0 spiro atoms. The largest absolute Gasteiger partial charge is 0.393 e. The van der Waals surface area contributed by atoms with Crippen molar-refractivity contribution in [1.29, 1.82) is 0 Å². The van der Waals surface area contributed by atoms with E-state index in [4.69, 9.17) is 23.7 Å². The summed E-state index contributed by atoms with van der Waals surface area (Å²) in [5.41, 5.74) is 15.7. The van der Waals surface area contributed by atoms with Crippen LogP contribution >= 0.6 is 0 Å². The first-order valence-corrected chi connectivity index (χ1v) is 12.9. The molecule has 3 saturated heterocycles. The minimum atomic E-state index is -1.44. The number of hydrogen-bond acceptors (Lipinski definition) is 11. The van der Waals surface area contributed by atoms with Gasteiger partial charge in [-0.2, -0.15) is 0 Å². The van der Waals surface area contributed by atoms with Gasteiger partial charge in [0, 0.05) is 6.42 Å². The van der Waals surface area contributed by atoms with Gasteiger partial charge in [-0.05, 0) is 0 Å². The van der Waals surface area contributed by atoms with E-state index in [0.717, 1.165) is 0 Å². The molecule has 4 fully saturated rings. The van der Waals surface area contributed by atoms with Gasteiger partial charge < -0.3 is 82.6 Å². The first kappa shape index (κ1) is 29.3. The molecular weight excluding hydrogens is 498 g/mol. The maximum Gasteiger partial charge on any atom is 0.216 e. The van der Waals surface area contributed by atoms with Crippen LogP contribution in [0.5, 0.6) is 0 Å². The second-order valence-electron chi connectivity index (χ2n) is 10.8. The summed E-state index contributed by atoms with van der Waals surface area (Å²) in [5, 5.41) is 64.0. The Balaban J connectivity index is 1.43. The summed E-state index contributed by atoms with van der Waals surface area (Å²) in [6.45, 7) is -0.422. The highest BCUT2D eigenvalue weighted by Gasteiger charge is 2.57. The monoisotopic (exact) mass is 544 g/mol. The van der Waals surface area contributed by atoms with Gasteiger partial charge in [-0.25, -0.2) is 0 Å². The summed E-state index contributed by atoms with van der Waals surface area (Å²) in [4.78, 5) is 0. The van der Waals surface area contributed by atoms with Crippen molar-refractivity contribution in [2.75, 3.05) is 13.7 Å². The molecule has 4 aliphatic rings. The molecule has 216 valence electrons. The Morgan fingerprint density at radius 2 is 1.43 bits per heavy atom. The Morgan fingerprint density at radius 3 is 2.08 bits per heavy atom. The van der Waals surface area contributed by atoms with E-state index < -0.39 is 98.5 Å². The van der Waals surface area contributed by atoms with E-state index in [1.165, 1.54) is 0 Å². The molecule has 0 aromatic heterocycles. The third-order valence-electron chi connectivity index (χ3n) is 8.15. The number of aliphatic hydroxyl groups excluding tert-OH is 6. The highest BCUT2D eigenvalue weighted by atomic mass is 16.8. The predicted octanol–water partition coefficient (Wildman–Crippen LogP) is -10.8. The minimum absolute atomic E-state index is 0.324. The normalized spacial score (nSPS) is 55.1. The van der Waals surface area contributed by atoms with E-state index in [-0.39, 0.29) is 12.1 Å². The lowest BCUT2D eigenvalue weighted by Crippen LogP contribution is -2.95. The third-order valence-corrected chi connectivity index (χ3v) is 8.15. The number of rotatable bonds is 6. The standard InChI is InChI=1S/C21H41N5O11/c1-26-11-14(30)18-8(33-20(11)37-21-16(32)13(29)10(25)9(4-27)34-21)3-7(24)19(36-18)35-17-6(23)2-5(22)12(28)15(17)31/h5-21,26-32H,2-4,22-25H2,1H3/p+5/t5-,6+,7-,8+,9-,10-,11+,12+,13+,14-,15-,16-,17-,18+,19+,20-,21-/m1/s1. The van der Waals surface area contributed by atoms with E-state index >= 15 is 0 Å². The van der Waals surface area contributed by atoms with Crippen LogP contribution < -0.4 is 28.3 Å². The molecule has 20 N–H and O–H groups in total. The number of aliphatic hydroxyl groups is 6. The van der Waals surface area contributed by atoms with Gasteiger partial charge in [0.15, 0.2) is 12.3 Å². The summed E-state index contributed by atoms with van der Waals surface area (Å²) in [6, 6.07) is -2.59. The molecule has 37 heavy (non-hydrogen) atoms. The zero-order valence-corrected chi connectivity index (χ0v) is 21.1. The summed E-state index contributed by atoms with van der Waals surface area (Å²) < 4.78 is 29.8. The predicted molar refractivity (Wildman–Crippen MR) is 117 cm³/mol. The van der Waals surface area contributed by atoms with Crippen molar-refractivity contribution in [3.05, 3.63) is 0 Å². The number of hydrogen-bond donors (Lipinski definition) is 11. The molecule has 16 nitrogen and oxygen atoms in total. The highest BCUT2D eigenvalue weighted by molar-refractivity contribution is 4.97. The molecule has 3 heterocycles.